The van der Waals surface area contributed by atoms with Crippen molar-refractivity contribution in [1.29, 1.82) is 0 Å². The normalized spacial score (nSPS) is 16.9. The van der Waals surface area contributed by atoms with Crippen LogP contribution in [0.5, 0.6) is 0 Å². The topological polar surface area (TPSA) is 47.1 Å². The molecule has 0 radical (unpaired) electrons. The molecule has 2 saturated heterocycles. The zero-order valence-corrected chi connectivity index (χ0v) is 18.3. The molecule has 4 rings (SSSR count). The van der Waals surface area contributed by atoms with Gasteiger partial charge in [0.15, 0.2) is 0 Å². The largest absolute Gasteiger partial charge is 0.368 e. The van der Waals surface area contributed by atoms with Crippen molar-refractivity contribution in [3.63, 3.8) is 0 Å². The molecule has 3 amide bonds. The molecule has 0 unspecified atom stereocenters. The van der Waals surface area contributed by atoms with Gasteiger partial charge in [0.05, 0.1) is 0 Å². The molecule has 6 nitrogen and oxygen atoms in total. The molecule has 0 saturated carbocycles. The fourth-order valence-electron chi connectivity index (χ4n) is 4.08. The molecule has 2 aromatic carbocycles. The lowest BCUT2D eigenvalue weighted by molar-refractivity contribution is -0.131. The lowest BCUT2D eigenvalue weighted by Crippen LogP contribution is -2.51. The van der Waals surface area contributed by atoms with Gasteiger partial charge in [-0.3, -0.25) is 4.79 Å². The number of hydrogen-bond donors (Lipinski definition) is 0. The van der Waals surface area contributed by atoms with E-state index < -0.39 is 5.82 Å². The Kier molecular flexibility index (Phi) is 6.32. The molecule has 0 aromatic heterocycles. The standard InChI is InChI=1S/C23H26ClFN4O2/c1-17-3-2-4-20(13-17)26-7-9-27(10-8-26)22(30)16-29-12-11-28(23(29)31)15-18-5-6-19(25)14-21(18)24/h2-6,13-14H,7-12,15-16H2,1H3. The number of benzene rings is 2. The van der Waals surface area contributed by atoms with Gasteiger partial charge >= 0.3 is 6.03 Å². The van der Waals surface area contributed by atoms with Gasteiger partial charge in [0, 0.05) is 56.5 Å². The Hall–Kier alpha value is -2.80. The Morgan fingerprint density at radius 3 is 2.45 bits per heavy atom. The third-order valence-electron chi connectivity index (χ3n) is 5.88. The molecule has 0 atom stereocenters. The monoisotopic (exact) mass is 444 g/mol. The molecule has 2 aliphatic heterocycles. The van der Waals surface area contributed by atoms with Crippen molar-refractivity contribution in [2.24, 2.45) is 0 Å². The van der Waals surface area contributed by atoms with E-state index in [1.807, 2.05) is 11.0 Å². The summed E-state index contributed by atoms with van der Waals surface area (Å²) in [5.41, 5.74) is 3.09. The first-order valence-corrected chi connectivity index (χ1v) is 10.9. The van der Waals surface area contributed by atoms with Crippen molar-refractivity contribution < 1.29 is 14.0 Å². The van der Waals surface area contributed by atoms with Crippen molar-refractivity contribution >= 4 is 29.2 Å². The molecule has 0 bridgehead atoms. The van der Waals surface area contributed by atoms with Gasteiger partial charge in [-0.15, -0.1) is 0 Å². The van der Waals surface area contributed by atoms with E-state index in [9.17, 15) is 14.0 Å². The number of amides is 3. The first kappa shape index (κ1) is 21.4. The summed E-state index contributed by atoms with van der Waals surface area (Å²) in [6, 6.07) is 12.3. The maximum atomic E-state index is 13.2. The summed E-state index contributed by atoms with van der Waals surface area (Å²) in [4.78, 5) is 32.8. The predicted molar refractivity (Wildman–Crippen MR) is 119 cm³/mol. The lowest BCUT2D eigenvalue weighted by atomic mass is 10.2. The number of carbonyl (C=O) groups excluding carboxylic acids is 2. The summed E-state index contributed by atoms with van der Waals surface area (Å²) in [5, 5.41) is 0.300. The van der Waals surface area contributed by atoms with Crippen LogP contribution in [0.25, 0.3) is 0 Å². The second kappa shape index (κ2) is 9.14. The van der Waals surface area contributed by atoms with Crippen LogP contribution in [-0.4, -0.2) is 72.5 Å². The highest BCUT2D eigenvalue weighted by molar-refractivity contribution is 6.31. The van der Waals surface area contributed by atoms with Crippen LogP contribution in [0.15, 0.2) is 42.5 Å². The summed E-state index contributed by atoms with van der Waals surface area (Å²) in [7, 11) is 0. The number of halogens is 2. The van der Waals surface area contributed by atoms with Crippen LogP contribution in [0.2, 0.25) is 5.02 Å². The minimum atomic E-state index is -0.406. The zero-order chi connectivity index (χ0) is 22.0. The van der Waals surface area contributed by atoms with E-state index in [1.165, 1.54) is 23.4 Å². The number of anilines is 1. The van der Waals surface area contributed by atoms with Crippen LogP contribution in [0.4, 0.5) is 14.9 Å². The van der Waals surface area contributed by atoms with Crippen LogP contribution in [0.1, 0.15) is 11.1 Å². The smallest absolute Gasteiger partial charge is 0.320 e. The van der Waals surface area contributed by atoms with E-state index in [-0.39, 0.29) is 18.5 Å². The number of aryl methyl sites for hydroxylation is 1. The highest BCUT2D eigenvalue weighted by atomic mass is 35.5. The predicted octanol–water partition coefficient (Wildman–Crippen LogP) is 3.37. The molecule has 2 heterocycles. The number of rotatable bonds is 5. The van der Waals surface area contributed by atoms with Gasteiger partial charge < -0.3 is 19.6 Å². The molecular weight excluding hydrogens is 419 g/mol. The van der Waals surface area contributed by atoms with Gasteiger partial charge in [-0.05, 0) is 42.3 Å². The van der Waals surface area contributed by atoms with E-state index in [2.05, 4.69) is 30.0 Å². The average Bonchev–Trinajstić information content (AvgIpc) is 3.09. The molecule has 8 heteroatoms. The molecular formula is C23H26ClFN4O2. The number of nitrogens with zero attached hydrogens (tertiary/aromatic N) is 4. The molecule has 2 aromatic rings. The number of piperazine rings is 1. The van der Waals surface area contributed by atoms with Crippen LogP contribution >= 0.6 is 11.6 Å². The Morgan fingerprint density at radius 1 is 1.00 bits per heavy atom. The Bertz CT molecular complexity index is 978. The van der Waals surface area contributed by atoms with Crippen molar-refractivity contribution in [1.82, 2.24) is 14.7 Å². The summed E-state index contributed by atoms with van der Waals surface area (Å²) in [6.45, 7) is 6.30. The second-order valence-corrected chi connectivity index (χ2v) is 8.48. The lowest BCUT2D eigenvalue weighted by Gasteiger charge is -2.36. The minimum absolute atomic E-state index is 0.0288. The maximum Gasteiger partial charge on any atom is 0.320 e. The van der Waals surface area contributed by atoms with E-state index in [0.29, 0.717) is 43.3 Å². The Morgan fingerprint density at radius 2 is 1.74 bits per heavy atom. The highest BCUT2D eigenvalue weighted by Crippen LogP contribution is 2.22. The minimum Gasteiger partial charge on any atom is -0.368 e. The van der Waals surface area contributed by atoms with Gasteiger partial charge in [0.1, 0.15) is 12.4 Å². The van der Waals surface area contributed by atoms with E-state index >= 15 is 0 Å². The van der Waals surface area contributed by atoms with Crippen LogP contribution < -0.4 is 4.90 Å². The summed E-state index contributed by atoms with van der Waals surface area (Å²) in [6.07, 6.45) is 0. The summed E-state index contributed by atoms with van der Waals surface area (Å²) in [5.74, 6) is -0.435. The third kappa shape index (κ3) is 4.93. The fourth-order valence-corrected chi connectivity index (χ4v) is 4.31. The van der Waals surface area contributed by atoms with Gasteiger partial charge in [0.25, 0.3) is 0 Å². The van der Waals surface area contributed by atoms with Gasteiger partial charge in [-0.1, -0.05) is 29.8 Å². The van der Waals surface area contributed by atoms with Gasteiger partial charge in [-0.2, -0.15) is 0 Å². The van der Waals surface area contributed by atoms with Gasteiger partial charge in [0.2, 0.25) is 5.91 Å². The van der Waals surface area contributed by atoms with Gasteiger partial charge in [-0.25, -0.2) is 9.18 Å². The molecule has 0 aliphatic carbocycles. The molecule has 0 N–H and O–H groups in total. The average molecular weight is 445 g/mol. The van der Waals surface area contributed by atoms with E-state index in [4.69, 9.17) is 11.6 Å². The summed E-state index contributed by atoms with van der Waals surface area (Å²) >= 11 is 6.09. The van der Waals surface area contributed by atoms with Crippen molar-refractivity contribution in [2.75, 3.05) is 50.7 Å². The molecule has 31 heavy (non-hydrogen) atoms. The molecule has 2 fully saturated rings. The zero-order valence-electron chi connectivity index (χ0n) is 17.6. The van der Waals surface area contributed by atoms with Crippen molar-refractivity contribution in [3.8, 4) is 0 Å². The Labute approximate surface area is 186 Å². The number of urea groups is 1. The van der Waals surface area contributed by atoms with Crippen molar-refractivity contribution in [3.05, 3.63) is 64.4 Å². The first-order valence-electron chi connectivity index (χ1n) is 10.5. The van der Waals surface area contributed by atoms with Crippen molar-refractivity contribution in [2.45, 2.75) is 13.5 Å². The Balaban J connectivity index is 1.29. The molecule has 0 spiro atoms. The molecule has 164 valence electrons. The number of carbonyl (C=O) groups is 2. The fraction of sp³-hybridized carbons (Fsp3) is 0.391. The second-order valence-electron chi connectivity index (χ2n) is 8.07. The maximum absolute atomic E-state index is 13.2. The summed E-state index contributed by atoms with van der Waals surface area (Å²) < 4.78 is 13.2. The molecule has 2 aliphatic rings. The van der Waals surface area contributed by atoms with Crippen LogP contribution in [0, 0.1) is 12.7 Å². The van der Waals surface area contributed by atoms with Crippen LogP contribution in [-0.2, 0) is 11.3 Å². The quantitative estimate of drug-likeness (QED) is 0.710. The van der Waals surface area contributed by atoms with Crippen LogP contribution in [0.3, 0.4) is 0 Å². The number of hydrogen-bond acceptors (Lipinski definition) is 3. The first-order chi connectivity index (χ1) is 14.9. The highest BCUT2D eigenvalue weighted by Gasteiger charge is 2.32. The SMILES string of the molecule is Cc1cccc(N2CCN(C(=O)CN3CCN(Cc4ccc(F)cc4Cl)C3=O)CC2)c1. The van der Waals surface area contributed by atoms with E-state index in [0.717, 1.165) is 13.1 Å². The van der Waals surface area contributed by atoms with E-state index in [1.54, 1.807) is 15.9 Å². The third-order valence-corrected chi connectivity index (χ3v) is 6.23.